The number of ether oxygens (including phenoxy) is 1. The van der Waals surface area contributed by atoms with Crippen molar-refractivity contribution in [3.63, 3.8) is 0 Å². The van der Waals surface area contributed by atoms with Crippen LogP contribution in [0.4, 0.5) is 0 Å². The number of nitrogens with one attached hydrogen (secondary N) is 3. The van der Waals surface area contributed by atoms with E-state index in [-0.39, 0.29) is 12.0 Å². The lowest BCUT2D eigenvalue weighted by Gasteiger charge is -2.10. The maximum Gasteiger partial charge on any atom is 0.354 e. The second-order valence-corrected chi connectivity index (χ2v) is 3.97. The fourth-order valence-corrected chi connectivity index (χ4v) is 1.65. The first kappa shape index (κ1) is 12.4. The Labute approximate surface area is 105 Å². The van der Waals surface area contributed by atoms with E-state index in [1.807, 2.05) is 13.0 Å². The first-order valence-electron chi connectivity index (χ1n) is 5.69. The minimum absolute atomic E-state index is 0.116. The molecule has 0 aliphatic heterocycles. The number of hydrogen-bond donors (Lipinski definition) is 3. The number of methoxy groups -OCH3 is 1. The van der Waals surface area contributed by atoms with Gasteiger partial charge in [-0.1, -0.05) is 0 Å². The highest BCUT2D eigenvalue weighted by Crippen LogP contribution is 2.08. The summed E-state index contributed by atoms with van der Waals surface area (Å²) in [6.07, 6.45) is 3.51. The molecule has 0 aliphatic carbocycles. The third kappa shape index (κ3) is 2.78. The van der Waals surface area contributed by atoms with E-state index < -0.39 is 0 Å². The summed E-state index contributed by atoms with van der Waals surface area (Å²) in [6, 6.07) is 3.68. The van der Waals surface area contributed by atoms with Crippen LogP contribution in [0.5, 0.6) is 0 Å². The molecule has 6 nitrogen and oxygen atoms in total. The zero-order valence-electron chi connectivity index (χ0n) is 10.4. The average molecular weight is 248 g/mol. The van der Waals surface area contributed by atoms with Crippen molar-refractivity contribution in [2.75, 3.05) is 7.11 Å². The van der Waals surface area contributed by atoms with Crippen LogP contribution in [0.15, 0.2) is 24.5 Å². The lowest BCUT2D eigenvalue weighted by Crippen LogP contribution is -2.19. The number of esters is 1. The first-order valence-corrected chi connectivity index (χ1v) is 5.69. The van der Waals surface area contributed by atoms with E-state index >= 15 is 0 Å². The fourth-order valence-electron chi connectivity index (χ4n) is 1.65. The number of aromatic amines is 2. The van der Waals surface area contributed by atoms with Gasteiger partial charge < -0.3 is 20.0 Å². The van der Waals surface area contributed by atoms with E-state index in [0.717, 1.165) is 11.5 Å². The Balaban J connectivity index is 1.90. The number of imidazole rings is 1. The molecule has 0 fully saturated rings. The van der Waals surface area contributed by atoms with Crippen molar-refractivity contribution in [3.8, 4) is 0 Å². The largest absolute Gasteiger partial charge is 0.464 e. The van der Waals surface area contributed by atoms with Crippen molar-refractivity contribution in [3.05, 3.63) is 41.7 Å². The van der Waals surface area contributed by atoms with Crippen molar-refractivity contribution in [2.45, 2.75) is 19.5 Å². The van der Waals surface area contributed by atoms with Gasteiger partial charge in [0.05, 0.1) is 13.2 Å². The summed E-state index contributed by atoms with van der Waals surface area (Å²) in [5, 5.41) is 3.29. The van der Waals surface area contributed by atoms with Crippen molar-refractivity contribution < 1.29 is 9.53 Å². The zero-order chi connectivity index (χ0) is 13.0. The van der Waals surface area contributed by atoms with Crippen molar-refractivity contribution in [1.82, 2.24) is 20.3 Å². The van der Waals surface area contributed by atoms with Gasteiger partial charge in [-0.05, 0) is 19.1 Å². The molecular formula is C12H16N4O2. The normalized spacial score (nSPS) is 12.3. The highest BCUT2D eigenvalue weighted by Gasteiger charge is 2.10. The van der Waals surface area contributed by atoms with Crippen molar-refractivity contribution >= 4 is 5.97 Å². The van der Waals surface area contributed by atoms with Crippen LogP contribution >= 0.6 is 0 Å². The maximum absolute atomic E-state index is 11.3. The van der Waals surface area contributed by atoms with Gasteiger partial charge in [-0.25, -0.2) is 9.78 Å². The van der Waals surface area contributed by atoms with Crippen LogP contribution < -0.4 is 5.32 Å². The first-order chi connectivity index (χ1) is 8.70. The van der Waals surface area contributed by atoms with Gasteiger partial charge in [-0.15, -0.1) is 0 Å². The fraction of sp³-hybridized carbons (Fsp3) is 0.333. The minimum atomic E-state index is -0.361. The molecule has 18 heavy (non-hydrogen) atoms. The Kier molecular flexibility index (Phi) is 3.78. The van der Waals surface area contributed by atoms with Gasteiger partial charge in [0.2, 0.25) is 0 Å². The Morgan fingerprint density at radius 2 is 2.39 bits per heavy atom. The lowest BCUT2D eigenvalue weighted by molar-refractivity contribution is 0.0594. The van der Waals surface area contributed by atoms with Crippen molar-refractivity contribution in [2.24, 2.45) is 0 Å². The highest BCUT2D eigenvalue weighted by molar-refractivity contribution is 5.87. The van der Waals surface area contributed by atoms with Gasteiger partial charge in [0.15, 0.2) is 0 Å². The molecular weight excluding hydrogens is 232 g/mol. The molecule has 1 unspecified atom stereocenters. The molecule has 0 aromatic carbocycles. The Morgan fingerprint density at radius 1 is 1.56 bits per heavy atom. The summed E-state index contributed by atoms with van der Waals surface area (Å²) in [5.41, 5.74) is 1.38. The minimum Gasteiger partial charge on any atom is -0.464 e. The average Bonchev–Trinajstić information content (AvgIpc) is 3.05. The van der Waals surface area contributed by atoms with E-state index in [9.17, 15) is 4.79 Å². The third-order valence-electron chi connectivity index (χ3n) is 2.68. The number of H-pyrrole nitrogens is 2. The second kappa shape index (κ2) is 5.50. The molecule has 3 N–H and O–H groups in total. The van der Waals surface area contributed by atoms with Crippen LogP contribution in [0.1, 0.15) is 35.0 Å². The van der Waals surface area contributed by atoms with Gasteiger partial charge >= 0.3 is 5.97 Å². The van der Waals surface area contributed by atoms with E-state index in [1.165, 1.54) is 7.11 Å². The molecule has 0 saturated carbocycles. The predicted molar refractivity (Wildman–Crippen MR) is 66.0 cm³/mol. The molecule has 2 rings (SSSR count). The SMILES string of the molecule is COC(=O)c1ccc(CNC(C)c2ncc[nH]2)[nH]1. The molecule has 96 valence electrons. The van der Waals surface area contributed by atoms with E-state index in [1.54, 1.807) is 18.5 Å². The molecule has 2 aromatic heterocycles. The second-order valence-electron chi connectivity index (χ2n) is 3.97. The predicted octanol–water partition coefficient (Wildman–Crippen LogP) is 1.38. The lowest BCUT2D eigenvalue weighted by atomic mass is 10.3. The molecule has 2 aromatic rings. The Bertz CT molecular complexity index is 504. The zero-order valence-corrected chi connectivity index (χ0v) is 10.4. The molecule has 0 spiro atoms. The van der Waals surface area contributed by atoms with Crippen LogP contribution in [0.2, 0.25) is 0 Å². The van der Waals surface area contributed by atoms with Crippen LogP contribution in [0, 0.1) is 0 Å². The molecule has 0 saturated heterocycles. The van der Waals surface area contributed by atoms with Crippen LogP contribution in [-0.2, 0) is 11.3 Å². The summed E-state index contributed by atoms with van der Waals surface area (Å²) in [6.45, 7) is 2.64. The smallest absolute Gasteiger partial charge is 0.354 e. The summed E-state index contributed by atoms with van der Waals surface area (Å²) in [5.74, 6) is 0.523. The van der Waals surface area contributed by atoms with Crippen LogP contribution in [-0.4, -0.2) is 28.0 Å². The summed E-state index contributed by atoms with van der Waals surface area (Å²) >= 11 is 0. The van der Waals surface area contributed by atoms with Crippen LogP contribution in [0.25, 0.3) is 0 Å². The molecule has 2 heterocycles. The third-order valence-corrected chi connectivity index (χ3v) is 2.68. The van der Waals surface area contributed by atoms with Gasteiger partial charge in [-0.2, -0.15) is 0 Å². The van der Waals surface area contributed by atoms with E-state index in [4.69, 9.17) is 0 Å². The molecule has 0 bridgehead atoms. The topological polar surface area (TPSA) is 82.8 Å². The number of aromatic nitrogens is 3. The number of hydrogen-bond acceptors (Lipinski definition) is 4. The van der Waals surface area contributed by atoms with E-state index in [2.05, 4.69) is 25.0 Å². The molecule has 6 heteroatoms. The number of rotatable bonds is 5. The Morgan fingerprint density at radius 3 is 3.06 bits per heavy atom. The maximum atomic E-state index is 11.3. The molecule has 0 radical (unpaired) electrons. The summed E-state index contributed by atoms with van der Waals surface area (Å²) in [7, 11) is 1.36. The Hall–Kier alpha value is -2.08. The molecule has 0 aliphatic rings. The monoisotopic (exact) mass is 248 g/mol. The van der Waals surface area contributed by atoms with Crippen LogP contribution in [0.3, 0.4) is 0 Å². The summed E-state index contributed by atoms with van der Waals surface area (Å²) < 4.78 is 4.63. The quantitative estimate of drug-likeness (QED) is 0.698. The van der Waals surface area contributed by atoms with Gasteiger partial charge in [-0.3, -0.25) is 0 Å². The number of carbonyl (C=O) groups excluding carboxylic acids is 1. The number of nitrogens with zero attached hydrogens (tertiary/aromatic N) is 1. The molecule has 1 atom stereocenters. The van der Waals surface area contributed by atoms with Crippen molar-refractivity contribution in [1.29, 1.82) is 0 Å². The van der Waals surface area contributed by atoms with Gasteiger partial charge in [0, 0.05) is 24.6 Å². The summed E-state index contributed by atoms with van der Waals surface area (Å²) in [4.78, 5) is 21.5. The van der Waals surface area contributed by atoms with Gasteiger partial charge in [0.25, 0.3) is 0 Å². The number of carbonyl (C=O) groups is 1. The van der Waals surface area contributed by atoms with Gasteiger partial charge in [0.1, 0.15) is 11.5 Å². The standard InChI is InChI=1S/C12H16N4O2/c1-8(11-13-5-6-14-11)15-7-9-3-4-10(16-9)12(17)18-2/h3-6,8,15-16H,7H2,1-2H3,(H,13,14). The highest BCUT2D eigenvalue weighted by atomic mass is 16.5. The van der Waals surface area contributed by atoms with E-state index in [0.29, 0.717) is 12.2 Å². The molecule has 0 amide bonds.